The molecule has 3 aliphatic rings. The molecular formula is C41H53N5O3. The summed E-state index contributed by atoms with van der Waals surface area (Å²) in [6.45, 7) is 9.75. The van der Waals surface area contributed by atoms with Crippen LogP contribution in [0, 0.1) is 0 Å². The number of hydrogen-bond acceptors (Lipinski definition) is 6. The molecule has 3 aromatic carbocycles. The molecule has 0 spiro atoms. The first kappa shape index (κ1) is 33.6. The number of aryl methyl sites for hydroxylation is 1. The summed E-state index contributed by atoms with van der Waals surface area (Å²) in [5.74, 6) is 1.32. The van der Waals surface area contributed by atoms with Crippen LogP contribution in [0.1, 0.15) is 74.6 Å². The Morgan fingerprint density at radius 2 is 1.33 bits per heavy atom. The van der Waals surface area contributed by atoms with Crippen molar-refractivity contribution in [2.45, 2.75) is 76.8 Å². The van der Waals surface area contributed by atoms with E-state index in [0.29, 0.717) is 29.4 Å². The zero-order chi connectivity index (χ0) is 33.4. The quantitative estimate of drug-likeness (QED) is 0.114. The van der Waals surface area contributed by atoms with Gasteiger partial charge in [-0.2, -0.15) is 0 Å². The van der Waals surface area contributed by atoms with Crippen LogP contribution in [0.4, 0.5) is 5.69 Å². The molecular weight excluding hydrogens is 610 g/mol. The first-order chi connectivity index (χ1) is 24.2. The molecule has 0 N–H and O–H groups in total. The molecule has 3 aliphatic heterocycles. The number of unbranched alkanes of at least 4 members (excludes halogenated alkanes) is 6. The molecule has 4 heterocycles. The number of fused-ring (bicyclic) bond motifs is 5. The summed E-state index contributed by atoms with van der Waals surface area (Å²) in [7, 11) is 1.63. The van der Waals surface area contributed by atoms with Crippen LogP contribution in [0.2, 0.25) is 0 Å². The summed E-state index contributed by atoms with van der Waals surface area (Å²) >= 11 is 0. The van der Waals surface area contributed by atoms with E-state index in [9.17, 15) is 4.79 Å². The van der Waals surface area contributed by atoms with Crippen molar-refractivity contribution in [2.24, 2.45) is 4.99 Å². The number of piperazine rings is 1. The zero-order valence-corrected chi connectivity index (χ0v) is 29.3. The van der Waals surface area contributed by atoms with E-state index in [-0.39, 0.29) is 11.9 Å². The van der Waals surface area contributed by atoms with Crippen LogP contribution in [0.15, 0.2) is 65.7 Å². The Morgan fingerprint density at radius 3 is 1.98 bits per heavy atom. The van der Waals surface area contributed by atoms with E-state index in [0.717, 1.165) is 38.8 Å². The summed E-state index contributed by atoms with van der Waals surface area (Å²) in [4.78, 5) is 25.0. The van der Waals surface area contributed by atoms with Gasteiger partial charge in [-0.1, -0.05) is 62.1 Å². The fourth-order valence-corrected chi connectivity index (χ4v) is 8.03. The highest BCUT2D eigenvalue weighted by molar-refractivity contribution is 6.08. The minimum Gasteiger partial charge on any atom is -0.493 e. The van der Waals surface area contributed by atoms with Gasteiger partial charge in [-0.05, 0) is 69.8 Å². The topological polar surface area (TPSA) is 62.5 Å². The van der Waals surface area contributed by atoms with Crippen molar-refractivity contribution >= 4 is 39.6 Å². The van der Waals surface area contributed by atoms with Gasteiger partial charge in [-0.25, -0.2) is 0 Å². The Morgan fingerprint density at radius 1 is 0.714 bits per heavy atom. The lowest BCUT2D eigenvalue weighted by molar-refractivity contribution is 0.0774. The van der Waals surface area contributed by atoms with Gasteiger partial charge in [0.1, 0.15) is 0 Å². The van der Waals surface area contributed by atoms with Crippen molar-refractivity contribution < 1.29 is 14.3 Å². The van der Waals surface area contributed by atoms with Gasteiger partial charge in [0.15, 0.2) is 11.5 Å². The number of aliphatic imine (C=N–C) groups is 1. The number of rotatable bonds is 16. The van der Waals surface area contributed by atoms with Gasteiger partial charge in [-0.15, -0.1) is 0 Å². The third-order valence-electron chi connectivity index (χ3n) is 10.8. The van der Waals surface area contributed by atoms with E-state index >= 15 is 0 Å². The van der Waals surface area contributed by atoms with Crippen molar-refractivity contribution in [1.29, 1.82) is 0 Å². The summed E-state index contributed by atoms with van der Waals surface area (Å²) in [5.41, 5.74) is 4.02. The summed E-state index contributed by atoms with van der Waals surface area (Å²) < 4.78 is 14.3. The average Bonchev–Trinajstić information content (AvgIpc) is 3.71. The second-order valence-corrected chi connectivity index (χ2v) is 14.1. The SMILES string of the molecule is COc1cc2c(cc1OCCCCCCN1CCN(CCCCCCn3c4ccccc4c4ccccc43)CC1)N=C[C@@H]1CCCN1C2=O. The summed E-state index contributed by atoms with van der Waals surface area (Å²) in [6, 6.07) is 21.5. The Labute approximate surface area is 291 Å². The molecule has 0 bridgehead atoms. The van der Waals surface area contributed by atoms with E-state index in [1.54, 1.807) is 13.2 Å². The highest BCUT2D eigenvalue weighted by atomic mass is 16.5. The minimum absolute atomic E-state index is 0.0411. The van der Waals surface area contributed by atoms with Crippen molar-refractivity contribution in [3.05, 3.63) is 66.2 Å². The fraction of sp³-hybridized carbons (Fsp3) is 0.512. The van der Waals surface area contributed by atoms with Gasteiger partial charge in [0.2, 0.25) is 0 Å². The van der Waals surface area contributed by atoms with E-state index < -0.39 is 0 Å². The highest BCUT2D eigenvalue weighted by Gasteiger charge is 2.32. The molecule has 2 fully saturated rings. The van der Waals surface area contributed by atoms with Gasteiger partial charge in [0.25, 0.3) is 5.91 Å². The summed E-state index contributed by atoms with van der Waals surface area (Å²) in [6.07, 6.45) is 13.7. The molecule has 1 aromatic heterocycles. The van der Waals surface area contributed by atoms with Crippen molar-refractivity contribution in [3.63, 3.8) is 0 Å². The number of amides is 1. The maximum absolute atomic E-state index is 13.1. The molecule has 0 unspecified atom stereocenters. The van der Waals surface area contributed by atoms with E-state index in [2.05, 4.69) is 67.9 Å². The first-order valence-electron chi connectivity index (χ1n) is 18.8. The monoisotopic (exact) mass is 663 g/mol. The molecule has 49 heavy (non-hydrogen) atoms. The number of carbonyl (C=O) groups is 1. The molecule has 1 atom stereocenters. The molecule has 2 saturated heterocycles. The number of hydrogen-bond donors (Lipinski definition) is 0. The summed E-state index contributed by atoms with van der Waals surface area (Å²) in [5, 5.41) is 2.75. The molecule has 1 amide bonds. The van der Waals surface area contributed by atoms with Crippen molar-refractivity contribution in [2.75, 3.05) is 59.5 Å². The number of methoxy groups -OCH3 is 1. The molecule has 8 heteroatoms. The number of para-hydroxylation sites is 2. The standard InChI is InChI=1S/C41H53N5O3/c1-48-39-29-35-36(42-31-32-15-14-23-45(32)41(35)47)30-40(39)49-28-13-5-4-11-21-44-26-24-43(25-27-44)20-10-2-3-12-22-46-37-18-8-6-16-33(37)34-17-7-9-19-38(34)46/h6-9,16-19,29-32H,2-5,10-15,20-28H2,1H3/t32-/m0/s1. The van der Waals surface area contributed by atoms with E-state index in [1.165, 1.54) is 99.6 Å². The lowest BCUT2D eigenvalue weighted by Crippen LogP contribution is -2.46. The van der Waals surface area contributed by atoms with Crippen LogP contribution >= 0.6 is 0 Å². The van der Waals surface area contributed by atoms with Gasteiger partial charge in [-0.3, -0.25) is 9.79 Å². The molecule has 8 nitrogen and oxygen atoms in total. The van der Waals surface area contributed by atoms with Crippen LogP contribution in [0.25, 0.3) is 21.8 Å². The molecule has 260 valence electrons. The minimum atomic E-state index is 0.0411. The molecule has 0 saturated carbocycles. The number of nitrogens with zero attached hydrogens (tertiary/aromatic N) is 5. The number of ether oxygens (including phenoxy) is 2. The zero-order valence-electron chi connectivity index (χ0n) is 29.3. The molecule has 0 aliphatic carbocycles. The molecule has 0 radical (unpaired) electrons. The Balaban J connectivity index is 0.741. The van der Waals surface area contributed by atoms with Crippen LogP contribution in [-0.4, -0.2) is 97.0 Å². The largest absolute Gasteiger partial charge is 0.493 e. The number of benzene rings is 3. The fourth-order valence-electron chi connectivity index (χ4n) is 8.03. The van der Waals surface area contributed by atoms with Crippen LogP contribution < -0.4 is 9.47 Å². The number of aromatic nitrogens is 1. The lowest BCUT2D eigenvalue weighted by atomic mass is 10.1. The van der Waals surface area contributed by atoms with E-state index in [1.807, 2.05) is 17.2 Å². The average molecular weight is 664 g/mol. The lowest BCUT2D eigenvalue weighted by Gasteiger charge is -2.34. The Kier molecular flexibility index (Phi) is 11.1. The van der Waals surface area contributed by atoms with Crippen LogP contribution in [-0.2, 0) is 6.54 Å². The van der Waals surface area contributed by atoms with Gasteiger partial charge in [0, 0.05) is 73.4 Å². The van der Waals surface area contributed by atoms with Crippen molar-refractivity contribution in [1.82, 2.24) is 19.3 Å². The maximum Gasteiger partial charge on any atom is 0.256 e. The van der Waals surface area contributed by atoms with E-state index in [4.69, 9.17) is 9.47 Å². The predicted molar refractivity (Wildman–Crippen MR) is 200 cm³/mol. The Bertz CT molecular complexity index is 1690. The first-order valence-corrected chi connectivity index (χ1v) is 18.8. The molecule has 4 aromatic rings. The second-order valence-electron chi connectivity index (χ2n) is 14.1. The van der Waals surface area contributed by atoms with Crippen molar-refractivity contribution in [3.8, 4) is 11.5 Å². The van der Waals surface area contributed by atoms with Crippen LogP contribution in [0.3, 0.4) is 0 Å². The predicted octanol–water partition coefficient (Wildman–Crippen LogP) is 7.94. The van der Waals surface area contributed by atoms with Gasteiger partial charge in [0.05, 0.1) is 31.0 Å². The third-order valence-corrected chi connectivity index (χ3v) is 10.8. The highest BCUT2D eigenvalue weighted by Crippen LogP contribution is 2.38. The Hall–Kier alpha value is -3.88. The third kappa shape index (κ3) is 7.81. The van der Waals surface area contributed by atoms with Crippen LogP contribution in [0.5, 0.6) is 11.5 Å². The molecule has 7 rings (SSSR count). The number of carbonyl (C=O) groups excluding carboxylic acids is 1. The normalized spacial score (nSPS) is 18.3. The second kappa shape index (κ2) is 16.2. The smallest absolute Gasteiger partial charge is 0.256 e. The maximum atomic E-state index is 13.1. The van der Waals surface area contributed by atoms with Gasteiger partial charge >= 0.3 is 0 Å². The van der Waals surface area contributed by atoms with Gasteiger partial charge < -0.3 is 28.7 Å².